The summed E-state index contributed by atoms with van der Waals surface area (Å²) in [6, 6.07) is 13.1. The van der Waals surface area contributed by atoms with Crippen LogP contribution in [-0.2, 0) is 10.3 Å². The molecule has 8 heteroatoms. The molecule has 2 aliphatic heterocycles. The number of phenolic OH excluding ortho intramolecular Hbond substituents is 2. The fourth-order valence-electron chi connectivity index (χ4n) is 3.84. The maximum absolute atomic E-state index is 12.7. The third-order valence-corrected chi connectivity index (χ3v) is 5.02. The number of aromatic hydroxyl groups is 2. The monoisotopic (exact) mass is 400 g/mol. The standard InChI is InChI=1S/C21H12O7.Na.H/c22-11-2-5-15-17(8-11)27-18-9-12(23)3-6-16(18)21(15)14-4-1-10(19(24)25)7-13(14)20(26)28-21;;/h1-9,22-23H,(H,24,25);;. The molecule has 0 saturated heterocycles. The number of hydrogen-bond donors (Lipinski definition) is 3. The molecule has 3 aromatic carbocycles. The molecule has 5 rings (SSSR count). The molecule has 2 heterocycles. The number of carbonyl (C=O) groups is 2. The van der Waals surface area contributed by atoms with Crippen molar-refractivity contribution in [2.75, 3.05) is 0 Å². The molecule has 0 amide bonds. The van der Waals surface area contributed by atoms with Gasteiger partial charge in [0, 0.05) is 28.8 Å². The van der Waals surface area contributed by atoms with Crippen LogP contribution in [0.5, 0.6) is 23.0 Å². The van der Waals surface area contributed by atoms with E-state index in [2.05, 4.69) is 0 Å². The quantitative estimate of drug-likeness (QED) is 0.425. The topological polar surface area (TPSA) is 113 Å². The summed E-state index contributed by atoms with van der Waals surface area (Å²) in [6.45, 7) is 0. The third kappa shape index (κ3) is 2.62. The Morgan fingerprint density at radius 3 is 1.93 bits per heavy atom. The Morgan fingerprint density at radius 1 is 0.828 bits per heavy atom. The summed E-state index contributed by atoms with van der Waals surface area (Å²) in [6.07, 6.45) is 0. The Bertz CT molecular complexity index is 1150. The Hall–Kier alpha value is -3.00. The molecule has 0 bridgehead atoms. The van der Waals surface area contributed by atoms with Gasteiger partial charge in [-0.05, 0) is 36.4 Å². The molecule has 3 N–H and O–H groups in total. The van der Waals surface area contributed by atoms with Gasteiger partial charge in [-0.1, -0.05) is 6.07 Å². The number of carboxylic acids is 1. The van der Waals surface area contributed by atoms with Crippen molar-refractivity contribution in [3.05, 3.63) is 82.4 Å². The van der Waals surface area contributed by atoms with Crippen LogP contribution in [0.1, 0.15) is 37.4 Å². The van der Waals surface area contributed by atoms with Gasteiger partial charge < -0.3 is 24.8 Å². The first-order chi connectivity index (χ1) is 13.4. The van der Waals surface area contributed by atoms with Gasteiger partial charge in [0.1, 0.15) is 23.0 Å². The van der Waals surface area contributed by atoms with Crippen molar-refractivity contribution in [2.24, 2.45) is 0 Å². The summed E-state index contributed by atoms with van der Waals surface area (Å²) in [4.78, 5) is 24.0. The number of carboxylic acid groups (broad SMARTS) is 1. The van der Waals surface area contributed by atoms with Gasteiger partial charge in [0.2, 0.25) is 0 Å². The zero-order valence-corrected chi connectivity index (χ0v) is 14.2. The van der Waals surface area contributed by atoms with Crippen LogP contribution in [0.2, 0.25) is 0 Å². The van der Waals surface area contributed by atoms with Gasteiger partial charge in [-0.15, -0.1) is 0 Å². The normalized spacial score (nSPS) is 14.7. The zero-order valence-electron chi connectivity index (χ0n) is 14.2. The number of ether oxygens (including phenoxy) is 2. The van der Waals surface area contributed by atoms with E-state index >= 15 is 0 Å². The second-order valence-corrected chi connectivity index (χ2v) is 6.60. The van der Waals surface area contributed by atoms with Crippen LogP contribution in [0.15, 0.2) is 54.6 Å². The van der Waals surface area contributed by atoms with Gasteiger partial charge in [0.25, 0.3) is 0 Å². The summed E-state index contributed by atoms with van der Waals surface area (Å²) in [5.41, 5.74) is 0.159. The summed E-state index contributed by atoms with van der Waals surface area (Å²) in [5.74, 6) is -1.37. The Labute approximate surface area is 186 Å². The van der Waals surface area contributed by atoms with E-state index in [4.69, 9.17) is 9.47 Å². The minimum absolute atomic E-state index is 0. The van der Waals surface area contributed by atoms with E-state index in [-0.39, 0.29) is 63.7 Å². The van der Waals surface area contributed by atoms with Crippen molar-refractivity contribution in [3.8, 4) is 23.0 Å². The number of carbonyl (C=O) groups excluding carboxylic acids is 1. The number of esters is 1. The van der Waals surface area contributed by atoms with E-state index < -0.39 is 17.5 Å². The molecule has 0 radical (unpaired) electrons. The van der Waals surface area contributed by atoms with Crippen molar-refractivity contribution >= 4 is 41.5 Å². The molecular weight excluding hydrogens is 387 g/mol. The molecule has 0 aliphatic carbocycles. The van der Waals surface area contributed by atoms with Crippen molar-refractivity contribution in [1.29, 1.82) is 0 Å². The summed E-state index contributed by atoms with van der Waals surface area (Å²) in [7, 11) is 0. The number of phenols is 2. The van der Waals surface area contributed by atoms with Crippen LogP contribution in [-0.4, -0.2) is 56.8 Å². The van der Waals surface area contributed by atoms with E-state index in [0.29, 0.717) is 16.7 Å². The van der Waals surface area contributed by atoms with E-state index in [9.17, 15) is 24.9 Å². The van der Waals surface area contributed by atoms with Crippen molar-refractivity contribution < 1.29 is 34.4 Å². The van der Waals surface area contributed by atoms with E-state index in [0.717, 1.165) is 0 Å². The van der Waals surface area contributed by atoms with Gasteiger partial charge in [0.15, 0.2) is 5.60 Å². The van der Waals surface area contributed by atoms with Crippen LogP contribution >= 0.6 is 0 Å². The molecule has 0 fully saturated rings. The predicted octanol–water partition coefficient (Wildman–Crippen LogP) is 2.72. The molecule has 0 atom stereocenters. The maximum atomic E-state index is 12.7. The second kappa shape index (κ2) is 6.52. The molecule has 0 saturated carbocycles. The average Bonchev–Trinajstić information content (AvgIpc) is 2.94. The van der Waals surface area contributed by atoms with Crippen molar-refractivity contribution in [1.82, 2.24) is 0 Å². The first-order valence-corrected chi connectivity index (χ1v) is 8.36. The van der Waals surface area contributed by atoms with Gasteiger partial charge in [-0.3, -0.25) is 0 Å². The molecule has 29 heavy (non-hydrogen) atoms. The predicted molar refractivity (Wildman–Crippen MR) is 102 cm³/mol. The summed E-state index contributed by atoms with van der Waals surface area (Å²) in [5, 5.41) is 29.0. The number of benzene rings is 3. The summed E-state index contributed by atoms with van der Waals surface area (Å²) < 4.78 is 11.7. The van der Waals surface area contributed by atoms with Gasteiger partial charge in [-0.2, -0.15) is 0 Å². The van der Waals surface area contributed by atoms with E-state index in [1.54, 1.807) is 18.2 Å². The molecule has 0 aromatic heterocycles. The van der Waals surface area contributed by atoms with Crippen LogP contribution in [0.4, 0.5) is 0 Å². The molecule has 7 nitrogen and oxygen atoms in total. The number of rotatable bonds is 1. The first-order valence-electron chi connectivity index (χ1n) is 8.36. The minimum atomic E-state index is -1.38. The average molecular weight is 400 g/mol. The number of fused-ring (bicyclic) bond motifs is 6. The Balaban J connectivity index is 0.00000205. The van der Waals surface area contributed by atoms with Crippen LogP contribution < -0.4 is 4.74 Å². The second-order valence-electron chi connectivity index (χ2n) is 6.60. The van der Waals surface area contributed by atoms with Crippen molar-refractivity contribution in [2.45, 2.75) is 5.60 Å². The van der Waals surface area contributed by atoms with Gasteiger partial charge in [-0.25, -0.2) is 9.59 Å². The molecule has 0 unspecified atom stereocenters. The first kappa shape index (κ1) is 19.3. The Morgan fingerprint density at radius 2 is 1.38 bits per heavy atom. The fourth-order valence-corrected chi connectivity index (χ4v) is 3.84. The Kier molecular flexibility index (Phi) is 4.34. The summed E-state index contributed by atoms with van der Waals surface area (Å²) >= 11 is 0. The molecule has 1 spiro atoms. The number of aromatic carboxylic acids is 1. The van der Waals surface area contributed by atoms with Crippen LogP contribution in [0.25, 0.3) is 0 Å². The zero-order chi connectivity index (χ0) is 19.6. The van der Waals surface area contributed by atoms with E-state index in [1.165, 1.54) is 36.4 Å². The van der Waals surface area contributed by atoms with E-state index in [1.807, 2.05) is 0 Å². The SMILES string of the molecule is O=C(O)c1ccc2c(c1)C(=O)OC21c2ccc(O)cc2Oc2cc(O)ccc21.[NaH]. The van der Waals surface area contributed by atoms with Gasteiger partial charge >= 0.3 is 41.5 Å². The van der Waals surface area contributed by atoms with Gasteiger partial charge in [0.05, 0.1) is 11.1 Å². The molecule has 2 aliphatic rings. The molecule has 140 valence electrons. The number of hydrogen-bond acceptors (Lipinski definition) is 6. The van der Waals surface area contributed by atoms with Crippen LogP contribution in [0.3, 0.4) is 0 Å². The van der Waals surface area contributed by atoms with Crippen molar-refractivity contribution in [3.63, 3.8) is 0 Å². The molecular formula is C21H13NaO7. The fraction of sp³-hybridized carbons (Fsp3) is 0.0476. The van der Waals surface area contributed by atoms with Crippen LogP contribution in [0, 0.1) is 0 Å². The molecule has 3 aromatic rings. The third-order valence-electron chi connectivity index (χ3n) is 5.02.